The summed E-state index contributed by atoms with van der Waals surface area (Å²) in [6, 6.07) is 3.52. The van der Waals surface area contributed by atoms with E-state index in [2.05, 4.69) is 15.9 Å². The fraction of sp³-hybridized carbons (Fsp3) is 0.429. The molecule has 0 saturated carbocycles. The first-order chi connectivity index (χ1) is 13.5. The van der Waals surface area contributed by atoms with E-state index in [0.29, 0.717) is 4.48 Å². The molecule has 1 aromatic rings. The van der Waals surface area contributed by atoms with Crippen LogP contribution in [-0.2, 0) is 0 Å². The van der Waals surface area contributed by atoms with Gasteiger partial charge >= 0.3 is 6.18 Å². The SMILES string of the molecule is CC.CC1C=C(Br)C=C(CC(O)(CC2Oc3ccc(F)cc32)C(F)(F)F)C(F)=C1. The van der Waals surface area contributed by atoms with Crippen molar-refractivity contribution in [2.24, 2.45) is 5.92 Å². The van der Waals surface area contributed by atoms with E-state index < -0.39 is 42.4 Å². The highest BCUT2D eigenvalue weighted by molar-refractivity contribution is 9.11. The first kappa shape index (κ1) is 23.6. The Labute approximate surface area is 174 Å². The van der Waals surface area contributed by atoms with Crippen molar-refractivity contribution in [2.45, 2.75) is 51.5 Å². The molecule has 1 aliphatic carbocycles. The van der Waals surface area contributed by atoms with Crippen LogP contribution in [-0.4, -0.2) is 16.9 Å². The predicted molar refractivity (Wildman–Crippen MR) is 105 cm³/mol. The normalized spacial score (nSPS) is 22.9. The fourth-order valence-corrected chi connectivity index (χ4v) is 3.85. The van der Waals surface area contributed by atoms with Crippen LogP contribution in [0.15, 0.2) is 52.3 Å². The lowest BCUT2D eigenvalue weighted by Crippen LogP contribution is -2.48. The van der Waals surface area contributed by atoms with Crippen molar-refractivity contribution in [2.75, 3.05) is 0 Å². The molecule has 2 nitrogen and oxygen atoms in total. The Bertz CT molecular complexity index is 844. The van der Waals surface area contributed by atoms with Gasteiger partial charge in [-0.3, -0.25) is 0 Å². The summed E-state index contributed by atoms with van der Waals surface area (Å²) in [5.74, 6) is -1.49. The number of hydrogen-bond acceptors (Lipinski definition) is 2. The maximum Gasteiger partial charge on any atom is 0.417 e. The van der Waals surface area contributed by atoms with Gasteiger partial charge in [-0.25, -0.2) is 8.78 Å². The number of alkyl halides is 3. The van der Waals surface area contributed by atoms with Crippen LogP contribution in [0.3, 0.4) is 0 Å². The highest BCUT2D eigenvalue weighted by Crippen LogP contribution is 2.49. The topological polar surface area (TPSA) is 29.5 Å². The third-order valence-electron chi connectivity index (χ3n) is 4.57. The first-order valence-corrected chi connectivity index (χ1v) is 9.98. The summed E-state index contributed by atoms with van der Waals surface area (Å²) in [4.78, 5) is 0. The van der Waals surface area contributed by atoms with Crippen LogP contribution in [0.25, 0.3) is 0 Å². The molecule has 0 amide bonds. The number of halogens is 6. The molecule has 0 bridgehead atoms. The van der Waals surface area contributed by atoms with Crippen molar-refractivity contribution in [3.05, 3.63) is 63.7 Å². The predicted octanol–water partition coefficient (Wildman–Crippen LogP) is 7.07. The molecule has 2 aliphatic rings. The number of hydrogen-bond donors (Lipinski definition) is 1. The van der Waals surface area contributed by atoms with Gasteiger partial charge in [-0.2, -0.15) is 13.2 Å². The summed E-state index contributed by atoms with van der Waals surface area (Å²) in [6.45, 7) is 5.68. The number of fused-ring (bicyclic) bond motifs is 1. The Kier molecular flexibility index (Phi) is 7.32. The second kappa shape index (κ2) is 9.00. The van der Waals surface area contributed by atoms with Gasteiger partial charge in [0.1, 0.15) is 23.5 Å². The van der Waals surface area contributed by atoms with Crippen molar-refractivity contribution in [1.29, 1.82) is 0 Å². The zero-order valence-electron chi connectivity index (χ0n) is 16.2. The zero-order chi connectivity index (χ0) is 22.0. The molecular formula is C21H22BrF5O2. The van der Waals surface area contributed by atoms with Crippen LogP contribution < -0.4 is 4.74 Å². The van der Waals surface area contributed by atoms with E-state index in [1.54, 1.807) is 13.0 Å². The average Bonchev–Trinajstić information content (AvgIpc) is 2.72. The van der Waals surface area contributed by atoms with Crippen molar-refractivity contribution >= 4 is 15.9 Å². The summed E-state index contributed by atoms with van der Waals surface area (Å²) < 4.78 is 74.4. The highest BCUT2D eigenvalue weighted by Gasteiger charge is 2.56. The summed E-state index contributed by atoms with van der Waals surface area (Å²) in [5, 5.41) is 10.4. The minimum absolute atomic E-state index is 0.248. The number of rotatable bonds is 4. The number of benzene rings is 1. The van der Waals surface area contributed by atoms with Gasteiger partial charge in [0.15, 0.2) is 5.60 Å². The van der Waals surface area contributed by atoms with Crippen LogP contribution in [0.1, 0.15) is 45.3 Å². The van der Waals surface area contributed by atoms with Gasteiger partial charge in [-0.1, -0.05) is 42.8 Å². The third-order valence-corrected chi connectivity index (χ3v) is 5.07. The lowest BCUT2D eigenvalue weighted by atomic mass is 9.84. The Morgan fingerprint density at radius 1 is 1.14 bits per heavy atom. The second-order valence-corrected chi connectivity index (χ2v) is 7.71. The molecule has 3 rings (SSSR count). The van der Waals surface area contributed by atoms with E-state index in [1.165, 1.54) is 18.2 Å². The molecule has 1 aliphatic heterocycles. The van der Waals surface area contributed by atoms with Crippen LogP contribution in [0.2, 0.25) is 0 Å². The smallest absolute Gasteiger partial charge is 0.417 e. The van der Waals surface area contributed by atoms with Crippen molar-refractivity contribution in [3.8, 4) is 5.75 Å². The van der Waals surface area contributed by atoms with E-state index in [4.69, 9.17) is 4.74 Å². The number of aliphatic hydroxyl groups is 1. The van der Waals surface area contributed by atoms with E-state index in [0.717, 1.165) is 12.1 Å². The minimum atomic E-state index is -5.03. The Balaban J connectivity index is 0.00000145. The van der Waals surface area contributed by atoms with Crippen LogP contribution >= 0.6 is 15.9 Å². The molecule has 1 aromatic carbocycles. The average molecular weight is 481 g/mol. The van der Waals surface area contributed by atoms with E-state index in [-0.39, 0.29) is 22.8 Å². The second-order valence-electron chi connectivity index (χ2n) is 6.79. The molecule has 0 saturated heterocycles. The highest BCUT2D eigenvalue weighted by atomic mass is 79.9. The standard InChI is InChI=1S/C19H16BrF5O2.C2H6/c1-10-4-12(20)6-11(15(22)5-10)8-18(26,19(23,24)25)9-17-14-7-13(21)2-3-16(14)27-17;1-2/h2-7,10,17,26H,8-9H2,1H3;1-2H3. The van der Waals surface area contributed by atoms with Crippen LogP contribution in [0, 0.1) is 11.7 Å². The third kappa shape index (κ3) is 5.28. The van der Waals surface area contributed by atoms with Crippen LogP contribution in [0.4, 0.5) is 22.0 Å². The maximum absolute atomic E-state index is 14.4. The molecule has 0 fully saturated rings. The molecule has 3 unspecified atom stereocenters. The Morgan fingerprint density at radius 3 is 2.41 bits per heavy atom. The van der Waals surface area contributed by atoms with Gasteiger partial charge < -0.3 is 9.84 Å². The van der Waals surface area contributed by atoms with Gasteiger partial charge in [0, 0.05) is 22.9 Å². The van der Waals surface area contributed by atoms with Crippen molar-refractivity contribution in [3.63, 3.8) is 0 Å². The zero-order valence-corrected chi connectivity index (χ0v) is 17.7. The van der Waals surface area contributed by atoms with Crippen LogP contribution in [0.5, 0.6) is 5.75 Å². The maximum atomic E-state index is 14.4. The van der Waals surface area contributed by atoms with E-state index in [1.807, 2.05) is 13.8 Å². The van der Waals surface area contributed by atoms with Gasteiger partial charge in [0.25, 0.3) is 0 Å². The van der Waals surface area contributed by atoms with Crippen molar-refractivity contribution in [1.82, 2.24) is 0 Å². The molecule has 160 valence electrons. The lowest BCUT2D eigenvalue weighted by Gasteiger charge is -2.39. The van der Waals surface area contributed by atoms with Gasteiger partial charge in [0.05, 0.1) is 0 Å². The molecule has 1 N–H and O–H groups in total. The van der Waals surface area contributed by atoms with Gasteiger partial charge in [-0.05, 0) is 41.8 Å². The summed E-state index contributed by atoms with van der Waals surface area (Å²) in [7, 11) is 0. The summed E-state index contributed by atoms with van der Waals surface area (Å²) >= 11 is 3.17. The molecular weight excluding hydrogens is 459 g/mol. The lowest BCUT2D eigenvalue weighted by molar-refractivity contribution is -0.268. The Morgan fingerprint density at radius 2 is 1.79 bits per heavy atom. The number of allylic oxidation sites excluding steroid dienone is 5. The van der Waals surface area contributed by atoms with Gasteiger partial charge in [0.2, 0.25) is 0 Å². The molecule has 0 radical (unpaired) electrons. The minimum Gasteiger partial charge on any atom is -0.485 e. The fourth-order valence-electron chi connectivity index (χ4n) is 3.15. The van der Waals surface area contributed by atoms with Crippen molar-refractivity contribution < 1.29 is 31.8 Å². The van der Waals surface area contributed by atoms with E-state index in [9.17, 15) is 27.1 Å². The first-order valence-electron chi connectivity index (χ1n) is 9.19. The van der Waals surface area contributed by atoms with Gasteiger partial charge in [-0.15, -0.1) is 0 Å². The quantitative estimate of drug-likeness (QED) is 0.467. The number of ether oxygens (including phenoxy) is 1. The molecule has 3 atom stereocenters. The molecule has 1 heterocycles. The van der Waals surface area contributed by atoms with E-state index >= 15 is 0 Å². The molecule has 0 spiro atoms. The largest absolute Gasteiger partial charge is 0.485 e. The molecule has 29 heavy (non-hydrogen) atoms. The monoisotopic (exact) mass is 480 g/mol. The summed E-state index contributed by atoms with van der Waals surface area (Å²) in [5.41, 5.74) is -3.26. The molecule has 8 heteroatoms. The summed E-state index contributed by atoms with van der Waals surface area (Å²) in [6.07, 6.45) is -3.98. The Hall–Kier alpha value is -1.67. The molecule has 0 aromatic heterocycles.